The van der Waals surface area contributed by atoms with Crippen molar-refractivity contribution in [3.63, 3.8) is 0 Å². The van der Waals surface area contributed by atoms with E-state index in [1.54, 1.807) is 29.2 Å². The Labute approximate surface area is 165 Å². The minimum absolute atomic E-state index is 0.0221. The maximum absolute atomic E-state index is 12.6. The Morgan fingerprint density at radius 3 is 2.57 bits per heavy atom. The summed E-state index contributed by atoms with van der Waals surface area (Å²) in [4.78, 5) is 26.5. The lowest BCUT2D eigenvalue weighted by Gasteiger charge is -2.31. The van der Waals surface area contributed by atoms with Crippen molar-refractivity contribution in [2.75, 3.05) is 31.6 Å². The topological polar surface area (TPSA) is 67.9 Å². The number of hydrogen-bond acceptors (Lipinski definition) is 4. The van der Waals surface area contributed by atoms with Crippen molar-refractivity contribution in [3.05, 3.63) is 59.2 Å². The van der Waals surface area contributed by atoms with Crippen molar-refractivity contribution in [3.8, 4) is 5.75 Å². The van der Waals surface area contributed by atoms with Gasteiger partial charge in [-0.2, -0.15) is 0 Å². The summed E-state index contributed by atoms with van der Waals surface area (Å²) in [7, 11) is 0. The molecule has 28 heavy (non-hydrogen) atoms. The molecule has 0 aliphatic carbocycles. The minimum atomic E-state index is -0.251. The molecule has 2 aromatic carbocycles. The van der Waals surface area contributed by atoms with E-state index >= 15 is 0 Å². The second-order valence-electron chi connectivity index (χ2n) is 7.09. The molecular weight excluding hydrogens is 356 g/mol. The summed E-state index contributed by atoms with van der Waals surface area (Å²) in [6, 6.07) is 12.6. The third-order valence-electron chi connectivity index (χ3n) is 4.79. The van der Waals surface area contributed by atoms with Gasteiger partial charge in [0.25, 0.3) is 11.8 Å². The molecule has 1 atom stereocenters. The number of nitrogens with zero attached hydrogens (tertiary/aromatic N) is 1. The zero-order chi connectivity index (χ0) is 20.1. The second-order valence-corrected chi connectivity index (χ2v) is 7.09. The van der Waals surface area contributed by atoms with Gasteiger partial charge in [-0.3, -0.25) is 9.59 Å². The van der Waals surface area contributed by atoms with Crippen LogP contribution in [0.25, 0.3) is 0 Å². The number of hydrogen-bond donors (Lipinski definition) is 1. The number of amides is 2. The van der Waals surface area contributed by atoms with Crippen molar-refractivity contribution in [1.29, 1.82) is 0 Å². The van der Waals surface area contributed by atoms with Gasteiger partial charge in [0, 0.05) is 24.3 Å². The minimum Gasteiger partial charge on any atom is -0.484 e. The average molecular weight is 382 g/mol. The summed E-state index contributed by atoms with van der Waals surface area (Å²) in [5.41, 5.74) is 3.52. The van der Waals surface area contributed by atoms with Crippen LogP contribution in [0.15, 0.2) is 42.5 Å². The van der Waals surface area contributed by atoms with Crippen LogP contribution in [0.2, 0.25) is 0 Å². The van der Waals surface area contributed by atoms with Gasteiger partial charge in [-0.25, -0.2) is 0 Å². The van der Waals surface area contributed by atoms with E-state index in [4.69, 9.17) is 9.47 Å². The molecule has 0 spiro atoms. The SMILES string of the molecule is Cc1ccc(OCC(=O)Nc2ccc(C(=O)N3CCOC(C)C3)cc2)cc1C. The van der Waals surface area contributed by atoms with Gasteiger partial charge < -0.3 is 19.7 Å². The van der Waals surface area contributed by atoms with Gasteiger partial charge in [-0.1, -0.05) is 6.07 Å². The lowest BCUT2D eigenvalue weighted by Crippen LogP contribution is -2.44. The highest BCUT2D eigenvalue weighted by molar-refractivity contribution is 5.96. The quantitative estimate of drug-likeness (QED) is 0.862. The van der Waals surface area contributed by atoms with Crippen LogP contribution in [0.4, 0.5) is 5.69 Å². The molecule has 3 rings (SSSR count). The lowest BCUT2D eigenvalue weighted by molar-refractivity contribution is -0.118. The highest BCUT2D eigenvalue weighted by Gasteiger charge is 2.22. The number of morpholine rings is 1. The molecule has 1 unspecified atom stereocenters. The van der Waals surface area contributed by atoms with Crippen LogP contribution in [0.1, 0.15) is 28.4 Å². The van der Waals surface area contributed by atoms with E-state index in [1.807, 2.05) is 39.0 Å². The molecule has 1 aliphatic rings. The number of anilines is 1. The van der Waals surface area contributed by atoms with Gasteiger partial charge in [0.15, 0.2) is 6.61 Å². The van der Waals surface area contributed by atoms with Gasteiger partial charge in [0.2, 0.25) is 0 Å². The first kappa shape index (κ1) is 19.9. The van der Waals surface area contributed by atoms with Crippen molar-refractivity contribution < 1.29 is 19.1 Å². The van der Waals surface area contributed by atoms with Crippen LogP contribution in [0, 0.1) is 13.8 Å². The van der Waals surface area contributed by atoms with E-state index < -0.39 is 0 Å². The van der Waals surface area contributed by atoms with E-state index in [2.05, 4.69) is 5.32 Å². The molecule has 6 nitrogen and oxygen atoms in total. The lowest BCUT2D eigenvalue weighted by atomic mass is 10.1. The molecule has 1 heterocycles. The first-order chi connectivity index (χ1) is 13.4. The van der Waals surface area contributed by atoms with Crippen molar-refractivity contribution in [2.24, 2.45) is 0 Å². The molecule has 0 radical (unpaired) electrons. The zero-order valence-electron chi connectivity index (χ0n) is 16.5. The number of aryl methyl sites for hydroxylation is 2. The number of rotatable bonds is 5. The fourth-order valence-corrected chi connectivity index (χ4v) is 3.03. The van der Waals surface area contributed by atoms with Crippen LogP contribution < -0.4 is 10.1 Å². The third kappa shape index (κ3) is 5.10. The Morgan fingerprint density at radius 1 is 1.14 bits per heavy atom. The summed E-state index contributed by atoms with van der Waals surface area (Å²) in [6.07, 6.45) is 0.0496. The molecule has 0 bridgehead atoms. The molecule has 0 aromatic heterocycles. The van der Waals surface area contributed by atoms with E-state index in [0.717, 1.165) is 5.56 Å². The van der Waals surface area contributed by atoms with Crippen LogP contribution >= 0.6 is 0 Å². The summed E-state index contributed by atoms with van der Waals surface area (Å²) in [5.74, 6) is 0.393. The molecule has 1 aliphatic heterocycles. The molecule has 1 fully saturated rings. The number of benzene rings is 2. The predicted octanol–water partition coefficient (Wildman–Crippen LogP) is 3.18. The highest BCUT2D eigenvalue weighted by Crippen LogP contribution is 2.17. The molecule has 2 amide bonds. The number of ether oxygens (including phenoxy) is 2. The standard InChI is InChI=1S/C22H26N2O4/c1-15-4-9-20(12-16(15)2)28-14-21(25)23-19-7-5-18(6-8-19)22(26)24-10-11-27-17(3)13-24/h4-9,12,17H,10-11,13-14H2,1-3H3,(H,23,25). The van der Waals surface area contributed by atoms with E-state index in [1.165, 1.54) is 5.56 Å². The molecule has 6 heteroatoms. The van der Waals surface area contributed by atoms with Crippen molar-refractivity contribution in [1.82, 2.24) is 4.90 Å². The molecule has 148 valence electrons. The normalized spacial score (nSPS) is 16.5. The van der Waals surface area contributed by atoms with Crippen LogP contribution in [-0.4, -0.2) is 49.1 Å². The fraction of sp³-hybridized carbons (Fsp3) is 0.364. The third-order valence-corrected chi connectivity index (χ3v) is 4.79. The number of carbonyl (C=O) groups excluding carboxylic acids is 2. The van der Waals surface area contributed by atoms with Gasteiger partial charge in [0.1, 0.15) is 5.75 Å². The Balaban J connectivity index is 1.52. The van der Waals surface area contributed by atoms with E-state index in [9.17, 15) is 9.59 Å². The van der Waals surface area contributed by atoms with Crippen LogP contribution in [-0.2, 0) is 9.53 Å². The summed E-state index contributed by atoms with van der Waals surface area (Å²) in [6.45, 7) is 7.65. The molecule has 1 N–H and O–H groups in total. The van der Waals surface area contributed by atoms with Crippen LogP contribution in [0.3, 0.4) is 0 Å². The second kappa shape index (κ2) is 8.89. The summed E-state index contributed by atoms with van der Waals surface area (Å²) < 4.78 is 11.0. The Morgan fingerprint density at radius 2 is 1.89 bits per heavy atom. The van der Waals surface area contributed by atoms with E-state index in [-0.39, 0.29) is 24.5 Å². The first-order valence-electron chi connectivity index (χ1n) is 9.43. The summed E-state index contributed by atoms with van der Waals surface area (Å²) >= 11 is 0. The Hall–Kier alpha value is -2.86. The average Bonchev–Trinajstić information content (AvgIpc) is 2.69. The molecule has 0 saturated carbocycles. The number of nitrogens with one attached hydrogen (secondary N) is 1. The van der Waals surface area contributed by atoms with Crippen LogP contribution in [0.5, 0.6) is 5.75 Å². The maximum atomic E-state index is 12.6. The first-order valence-corrected chi connectivity index (χ1v) is 9.43. The molecule has 2 aromatic rings. The monoisotopic (exact) mass is 382 g/mol. The van der Waals surface area contributed by atoms with E-state index in [0.29, 0.717) is 36.7 Å². The fourth-order valence-electron chi connectivity index (χ4n) is 3.03. The molecular formula is C22H26N2O4. The maximum Gasteiger partial charge on any atom is 0.262 e. The Kier molecular flexibility index (Phi) is 6.31. The predicted molar refractivity (Wildman–Crippen MR) is 108 cm³/mol. The van der Waals surface area contributed by atoms with Gasteiger partial charge in [0.05, 0.1) is 12.7 Å². The van der Waals surface area contributed by atoms with Crippen molar-refractivity contribution in [2.45, 2.75) is 26.9 Å². The zero-order valence-corrected chi connectivity index (χ0v) is 16.5. The molecule has 1 saturated heterocycles. The van der Waals surface area contributed by atoms with Crippen molar-refractivity contribution >= 4 is 17.5 Å². The van der Waals surface area contributed by atoms with Gasteiger partial charge >= 0.3 is 0 Å². The highest BCUT2D eigenvalue weighted by atomic mass is 16.5. The van der Waals surface area contributed by atoms with Gasteiger partial charge in [-0.05, 0) is 68.3 Å². The largest absolute Gasteiger partial charge is 0.484 e. The Bertz CT molecular complexity index is 848. The van der Waals surface area contributed by atoms with Gasteiger partial charge in [-0.15, -0.1) is 0 Å². The summed E-state index contributed by atoms with van der Waals surface area (Å²) in [5, 5.41) is 2.78. The smallest absolute Gasteiger partial charge is 0.262 e. The number of carbonyl (C=O) groups is 2.